The minimum Gasteiger partial charge on any atom is -0.452 e. The van der Waals surface area contributed by atoms with Crippen LogP contribution in [-0.4, -0.2) is 40.6 Å². The smallest absolute Gasteiger partial charge is 0.316 e. The first-order valence-corrected chi connectivity index (χ1v) is 10.1. The van der Waals surface area contributed by atoms with Crippen LogP contribution in [0.2, 0.25) is 0 Å². The van der Waals surface area contributed by atoms with Crippen LogP contribution in [0.25, 0.3) is 22.6 Å². The Morgan fingerprint density at radius 1 is 1.13 bits per heavy atom. The number of furan rings is 1. The van der Waals surface area contributed by atoms with Gasteiger partial charge in [0.25, 0.3) is 0 Å². The third-order valence-electron chi connectivity index (χ3n) is 5.59. The van der Waals surface area contributed by atoms with Crippen LogP contribution in [0.15, 0.2) is 57.5 Å². The van der Waals surface area contributed by atoms with Crippen LogP contribution in [0.5, 0.6) is 0 Å². The van der Waals surface area contributed by atoms with E-state index in [1.807, 2.05) is 31.2 Å². The zero-order valence-electron chi connectivity index (χ0n) is 16.7. The SMILES string of the molecule is Cc1c(-c2noc(C(=O)NCCN3CCc4ccccc4C3)n2)oc2ccccc12. The van der Waals surface area contributed by atoms with Crippen molar-refractivity contribution >= 4 is 16.9 Å². The van der Waals surface area contributed by atoms with Gasteiger partial charge in [0.05, 0.1) is 0 Å². The second kappa shape index (κ2) is 7.76. The van der Waals surface area contributed by atoms with E-state index in [2.05, 4.69) is 44.6 Å². The second-order valence-corrected chi connectivity index (χ2v) is 7.53. The number of para-hydroxylation sites is 1. The van der Waals surface area contributed by atoms with E-state index in [9.17, 15) is 4.79 Å². The van der Waals surface area contributed by atoms with Crippen LogP contribution in [0.3, 0.4) is 0 Å². The van der Waals surface area contributed by atoms with Gasteiger partial charge in [0.15, 0.2) is 5.76 Å². The molecule has 0 fully saturated rings. The fraction of sp³-hybridized carbons (Fsp3) is 0.261. The molecule has 0 aliphatic carbocycles. The number of rotatable bonds is 5. The maximum Gasteiger partial charge on any atom is 0.316 e. The summed E-state index contributed by atoms with van der Waals surface area (Å²) in [6.07, 6.45) is 1.04. The predicted molar refractivity (Wildman–Crippen MR) is 112 cm³/mol. The van der Waals surface area contributed by atoms with Crippen LogP contribution >= 0.6 is 0 Å². The topological polar surface area (TPSA) is 84.4 Å². The van der Waals surface area contributed by atoms with Gasteiger partial charge in [-0.05, 0) is 30.5 Å². The van der Waals surface area contributed by atoms with Crippen molar-refractivity contribution in [2.45, 2.75) is 19.9 Å². The van der Waals surface area contributed by atoms with Gasteiger partial charge >= 0.3 is 11.8 Å². The number of aromatic nitrogens is 2. The van der Waals surface area contributed by atoms with E-state index in [0.717, 1.165) is 42.6 Å². The quantitative estimate of drug-likeness (QED) is 0.549. The van der Waals surface area contributed by atoms with E-state index < -0.39 is 0 Å². The predicted octanol–water partition coefficient (Wildman–Crippen LogP) is 3.58. The first kappa shape index (κ1) is 18.6. The number of fused-ring (bicyclic) bond motifs is 2. The van der Waals surface area contributed by atoms with Crippen LogP contribution in [0, 0.1) is 6.92 Å². The highest BCUT2D eigenvalue weighted by Gasteiger charge is 2.21. The van der Waals surface area contributed by atoms with Crippen molar-refractivity contribution in [1.29, 1.82) is 0 Å². The Labute approximate surface area is 173 Å². The van der Waals surface area contributed by atoms with E-state index in [1.165, 1.54) is 11.1 Å². The molecule has 1 N–H and O–H groups in total. The molecule has 1 aliphatic heterocycles. The average molecular weight is 402 g/mol. The largest absolute Gasteiger partial charge is 0.452 e. The van der Waals surface area contributed by atoms with E-state index in [-0.39, 0.29) is 17.6 Å². The lowest BCUT2D eigenvalue weighted by Crippen LogP contribution is -2.37. The molecule has 7 heteroatoms. The highest BCUT2D eigenvalue weighted by atomic mass is 16.5. The molecule has 2 aromatic heterocycles. The Balaban J connectivity index is 1.20. The fourth-order valence-electron chi connectivity index (χ4n) is 3.94. The Bertz CT molecular complexity index is 1210. The number of carbonyl (C=O) groups excluding carboxylic acids is 1. The number of carbonyl (C=O) groups is 1. The van der Waals surface area contributed by atoms with E-state index in [0.29, 0.717) is 12.3 Å². The summed E-state index contributed by atoms with van der Waals surface area (Å²) in [7, 11) is 0. The Hall–Kier alpha value is -3.45. The third kappa shape index (κ3) is 3.48. The minimum atomic E-state index is -0.375. The molecule has 0 saturated heterocycles. The van der Waals surface area contributed by atoms with Crippen LogP contribution < -0.4 is 5.32 Å². The molecule has 5 rings (SSSR count). The van der Waals surface area contributed by atoms with Crippen LogP contribution in [0.1, 0.15) is 27.4 Å². The summed E-state index contributed by atoms with van der Waals surface area (Å²) in [6.45, 7) is 5.12. The monoisotopic (exact) mass is 402 g/mol. The molecule has 2 aromatic carbocycles. The molecule has 1 aliphatic rings. The van der Waals surface area contributed by atoms with Crippen LogP contribution in [-0.2, 0) is 13.0 Å². The van der Waals surface area contributed by atoms with Crippen molar-refractivity contribution in [2.75, 3.05) is 19.6 Å². The molecular weight excluding hydrogens is 380 g/mol. The zero-order valence-corrected chi connectivity index (χ0v) is 16.7. The maximum absolute atomic E-state index is 12.4. The highest BCUT2D eigenvalue weighted by molar-refractivity contribution is 5.90. The summed E-state index contributed by atoms with van der Waals surface area (Å²) < 4.78 is 11.0. The Kier molecular flexibility index (Phi) is 4.80. The molecule has 7 nitrogen and oxygen atoms in total. The van der Waals surface area contributed by atoms with Gasteiger partial charge < -0.3 is 14.3 Å². The molecule has 4 aromatic rings. The van der Waals surface area contributed by atoms with Gasteiger partial charge in [-0.15, -0.1) is 0 Å². The standard InChI is InChI=1S/C23H22N4O3/c1-15-18-8-4-5-9-19(18)29-20(15)21-25-23(30-26-21)22(28)24-11-13-27-12-10-16-6-2-3-7-17(16)14-27/h2-9H,10-14H2,1H3,(H,24,28). The van der Waals surface area contributed by atoms with Gasteiger partial charge in [-0.1, -0.05) is 47.6 Å². The van der Waals surface area contributed by atoms with Gasteiger partial charge in [0.1, 0.15) is 5.58 Å². The molecule has 0 saturated carbocycles. The molecule has 0 unspecified atom stereocenters. The van der Waals surface area contributed by atoms with Gasteiger partial charge in [0.2, 0.25) is 5.82 Å². The number of nitrogens with one attached hydrogen (secondary N) is 1. The summed E-state index contributed by atoms with van der Waals surface area (Å²) in [5.74, 6) is 0.362. The summed E-state index contributed by atoms with van der Waals surface area (Å²) in [6, 6.07) is 16.2. The van der Waals surface area contributed by atoms with Crippen molar-refractivity contribution < 1.29 is 13.7 Å². The Morgan fingerprint density at radius 3 is 2.80 bits per heavy atom. The van der Waals surface area contributed by atoms with Gasteiger partial charge in [-0.2, -0.15) is 4.98 Å². The number of amides is 1. The lowest BCUT2D eigenvalue weighted by atomic mass is 10.00. The van der Waals surface area contributed by atoms with Crippen molar-refractivity contribution in [3.63, 3.8) is 0 Å². The Morgan fingerprint density at radius 2 is 1.93 bits per heavy atom. The maximum atomic E-state index is 12.4. The van der Waals surface area contributed by atoms with Crippen LogP contribution in [0.4, 0.5) is 0 Å². The number of benzene rings is 2. The third-order valence-corrected chi connectivity index (χ3v) is 5.59. The summed E-state index contributed by atoms with van der Waals surface area (Å²) >= 11 is 0. The lowest BCUT2D eigenvalue weighted by Gasteiger charge is -2.28. The molecule has 0 atom stereocenters. The van der Waals surface area contributed by atoms with E-state index >= 15 is 0 Å². The van der Waals surface area contributed by atoms with Crippen molar-refractivity contribution in [1.82, 2.24) is 20.4 Å². The number of hydrogen-bond donors (Lipinski definition) is 1. The van der Waals surface area contributed by atoms with Crippen molar-refractivity contribution in [3.8, 4) is 11.6 Å². The van der Waals surface area contributed by atoms with Crippen molar-refractivity contribution in [3.05, 3.63) is 71.1 Å². The summed E-state index contributed by atoms with van der Waals surface area (Å²) in [5, 5.41) is 7.80. The molecule has 0 radical (unpaired) electrons. The molecule has 30 heavy (non-hydrogen) atoms. The number of nitrogens with zero attached hydrogens (tertiary/aromatic N) is 3. The lowest BCUT2D eigenvalue weighted by molar-refractivity contribution is 0.0903. The number of hydrogen-bond acceptors (Lipinski definition) is 6. The van der Waals surface area contributed by atoms with Gasteiger partial charge in [-0.3, -0.25) is 9.69 Å². The molecule has 0 bridgehead atoms. The number of aryl methyl sites for hydroxylation is 1. The fourth-order valence-corrected chi connectivity index (χ4v) is 3.94. The molecule has 1 amide bonds. The second-order valence-electron chi connectivity index (χ2n) is 7.53. The van der Waals surface area contributed by atoms with E-state index in [4.69, 9.17) is 8.94 Å². The molecule has 3 heterocycles. The van der Waals surface area contributed by atoms with Gasteiger partial charge in [-0.25, -0.2) is 0 Å². The molecule has 152 valence electrons. The zero-order chi connectivity index (χ0) is 20.5. The first-order chi connectivity index (χ1) is 14.7. The summed E-state index contributed by atoms with van der Waals surface area (Å²) in [5.41, 5.74) is 4.45. The molecular formula is C23H22N4O3. The van der Waals surface area contributed by atoms with Crippen molar-refractivity contribution in [2.24, 2.45) is 0 Å². The highest BCUT2D eigenvalue weighted by Crippen LogP contribution is 2.31. The average Bonchev–Trinajstić information content (AvgIpc) is 3.39. The first-order valence-electron chi connectivity index (χ1n) is 10.1. The minimum absolute atomic E-state index is 0.0613. The van der Waals surface area contributed by atoms with E-state index in [1.54, 1.807) is 0 Å². The van der Waals surface area contributed by atoms with Gasteiger partial charge in [0, 0.05) is 37.1 Å². The summed E-state index contributed by atoms with van der Waals surface area (Å²) in [4.78, 5) is 19.0. The molecule has 0 spiro atoms. The normalized spacial score (nSPS) is 14.0.